The molecule has 156 valence electrons. The molecule has 0 radical (unpaired) electrons. The lowest BCUT2D eigenvalue weighted by atomic mass is 10.1. The van der Waals surface area contributed by atoms with E-state index in [1.165, 1.54) is 0 Å². The van der Waals surface area contributed by atoms with Crippen LogP contribution in [-0.4, -0.2) is 90.2 Å². The zero-order chi connectivity index (χ0) is 20.2. The highest BCUT2D eigenvalue weighted by molar-refractivity contribution is 5.95. The average Bonchev–Trinajstić information content (AvgIpc) is 3.29. The Labute approximate surface area is 172 Å². The fourth-order valence-electron chi connectivity index (χ4n) is 4.05. The van der Waals surface area contributed by atoms with Crippen molar-refractivity contribution in [2.45, 2.75) is 26.0 Å². The maximum absolute atomic E-state index is 13.0. The topological polar surface area (TPSA) is 62.1 Å². The van der Waals surface area contributed by atoms with Gasteiger partial charge in [0.05, 0.1) is 19.0 Å². The Morgan fingerprint density at radius 3 is 2.76 bits per heavy atom. The molecule has 0 spiro atoms. The zero-order valence-corrected chi connectivity index (χ0v) is 17.3. The molecule has 0 saturated carbocycles. The first-order valence-corrected chi connectivity index (χ1v) is 10.5. The molecule has 4 heterocycles. The number of hydrogen-bond acceptors (Lipinski definition) is 6. The SMILES string of the molecule is CC(C)N1CCOC(CN2CCN(C(=O)c3ccnc(-c4ccco4)c3)CC2)C1. The van der Waals surface area contributed by atoms with Crippen LogP contribution in [0, 0.1) is 0 Å². The van der Waals surface area contributed by atoms with E-state index in [2.05, 4.69) is 28.6 Å². The van der Waals surface area contributed by atoms with E-state index in [-0.39, 0.29) is 12.0 Å². The van der Waals surface area contributed by atoms with Crippen LogP contribution in [0.3, 0.4) is 0 Å². The van der Waals surface area contributed by atoms with Crippen LogP contribution in [0.5, 0.6) is 0 Å². The summed E-state index contributed by atoms with van der Waals surface area (Å²) in [6.45, 7) is 11.4. The molecule has 1 unspecified atom stereocenters. The molecule has 7 heteroatoms. The second kappa shape index (κ2) is 9.07. The van der Waals surface area contributed by atoms with E-state index < -0.39 is 0 Å². The fraction of sp³-hybridized carbons (Fsp3) is 0.545. The summed E-state index contributed by atoms with van der Waals surface area (Å²) in [7, 11) is 0. The number of pyridine rings is 1. The minimum Gasteiger partial charge on any atom is -0.463 e. The van der Waals surface area contributed by atoms with Gasteiger partial charge in [-0.2, -0.15) is 0 Å². The Kier molecular flexibility index (Phi) is 6.28. The van der Waals surface area contributed by atoms with Gasteiger partial charge in [-0.25, -0.2) is 0 Å². The molecule has 0 aromatic carbocycles. The summed E-state index contributed by atoms with van der Waals surface area (Å²) in [5, 5.41) is 0. The maximum atomic E-state index is 13.0. The predicted octanol–water partition coefficient (Wildman–Crippen LogP) is 2.21. The number of aromatic nitrogens is 1. The molecular weight excluding hydrogens is 368 g/mol. The molecule has 0 bridgehead atoms. The first-order valence-electron chi connectivity index (χ1n) is 10.5. The van der Waals surface area contributed by atoms with Crippen LogP contribution in [0.2, 0.25) is 0 Å². The number of hydrogen-bond donors (Lipinski definition) is 0. The molecule has 2 aliphatic rings. The smallest absolute Gasteiger partial charge is 0.254 e. The highest BCUT2D eigenvalue weighted by Gasteiger charge is 2.27. The molecule has 4 rings (SSSR count). The monoisotopic (exact) mass is 398 g/mol. The summed E-state index contributed by atoms with van der Waals surface area (Å²) >= 11 is 0. The van der Waals surface area contributed by atoms with E-state index in [1.54, 1.807) is 18.5 Å². The summed E-state index contributed by atoms with van der Waals surface area (Å²) in [4.78, 5) is 24.1. The van der Waals surface area contributed by atoms with Crippen molar-refractivity contribution in [2.75, 3.05) is 52.4 Å². The van der Waals surface area contributed by atoms with Crippen molar-refractivity contribution in [1.29, 1.82) is 0 Å². The molecule has 2 aromatic rings. The lowest BCUT2D eigenvalue weighted by molar-refractivity contribution is -0.0555. The minimum atomic E-state index is 0.0553. The zero-order valence-electron chi connectivity index (χ0n) is 17.3. The van der Waals surface area contributed by atoms with E-state index in [0.717, 1.165) is 52.4 Å². The Bertz CT molecular complexity index is 800. The second-order valence-electron chi connectivity index (χ2n) is 8.08. The first kappa shape index (κ1) is 20.1. The summed E-state index contributed by atoms with van der Waals surface area (Å²) in [6.07, 6.45) is 3.54. The van der Waals surface area contributed by atoms with Crippen LogP contribution in [0.25, 0.3) is 11.5 Å². The fourth-order valence-corrected chi connectivity index (χ4v) is 4.05. The number of carbonyl (C=O) groups is 1. The standard InChI is InChI=1S/C22H30N4O3/c1-17(2)26-11-13-28-19(16-26)15-24-7-9-25(10-8-24)22(27)18-5-6-23-20(14-18)21-4-3-12-29-21/h3-6,12,14,17,19H,7-11,13,15-16H2,1-2H3. The maximum Gasteiger partial charge on any atom is 0.254 e. The van der Waals surface area contributed by atoms with Gasteiger partial charge in [0, 0.05) is 63.6 Å². The Morgan fingerprint density at radius 2 is 2.03 bits per heavy atom. The molecule has 29 heavy (non-hydrogen) atoms. The van der Waals surface area contributed by atoms with E-state index in [1.807, 2.05) is 23.1 Å². The molecule has 2 fully saturated rings. The molecular formula is C22H30N4O3. The molecule has 2 aliphatic heterocycles. The number of carbonyl (C=O) groups excluding carboxylic acids is 1. The third kappa shape index (κ3) is 4.86. The molecule has 0 N–H and O–H groups in total. The first-order chi connectivity index (χ1) is 14.1. The second-order valence-corrected chi connectivity index (χ2v) is 8.08. The van der Waals surface area contributed by atoms with Gasteiger partial charge in [-0.15, -0.1) is 0 Å². The largest absolute Gasteiger partial charge is 0.463 e. The van der Waals surface area contributed by atoms with Gasteiger partial charge in [-0.1, -0.05) is 0 Å². The highest BCUT2D eigenvalue weighted by atomic mass is 16.5. The van der Waals surface area contributed by atoms with Gasteiger partial charge in [-0.05, 0) is 38.1 Å². The van der Waals surface area contributed by atoms with Crippen LogP contribution < -0.4 is 0 Å². The number of piperazine rings is 1. The van der Waals surface area contributed by atoms with Crippen molar-refractivity contribution in [3.05, 3.63) is 42.3 Å². The van der Waals surface area contributed by atoms with Crippen LogP contribution in [0.1, 0.15) is 24.2 Å². The molecule has 1 amide bonds. The van der Waals surface area contributed by atoms with E-state index in [0.29, 0.717) is 23.1 Å². The van der Waals surface area contributed by atoms with Crippen molar-refractivity contribution in [3.63, 3.8) is 0 Å². The lowest BCUT2D eigenvalue weighted by Crippen LogP contribution is -2.54. The van der Waals surface area contributed by atoms with E-state index in [9.17, 15) is 4.79 Å². The van der Waals surface area contributed by atoms with Crippen LogP contribution in [0.4, 0.5) is 0 Å². The van der Waals surface area contributed by atoms with Gasteiger partial charge in [0.2, 0.25) is 0 Å². The summed E-state index contributed by atoms with van der Waals surface area (Å²) in [6, 6.07) is 7.81. The lowest BCUT2D eigenvalue weighted by Gasteiger charge is -2.40. The van der Waals surface area contributed by atoms with Gasteiger partial charge >= 0.3 is 0 Å². The average molecular weight is 399 g/mol. The van der Waals surface area contributed by atoms with Gasteiger partial charge in [-0.3, -0.25) is 19.6 Å². The van der Waals surface area contributed by atoms with Crippen LogP contribution >= 0.6 is 0 Å². The van der Waals surface area contributed by atoms with Crippen molar-refractivity contribution < 1.29 is 13.9 Å². The van der Waals surface area contributed by atoms with Crippen molar-refractivity contribution in [2.24, 2.45) is 0 Å². The number of amides is 1. The number of morpholine rings is 1. The van der Waals surface area contributed by atoms with Gasteiger partial charge in [0.15, 0.2) is 5.76 Å². The molecule has 2 saturated heterocycles. The summed E-state index contributed by atoms with van der Waals surface area (Å²) < 4.78 is 11.4. The number of furan rings is 1. The van der Waals surface area contributed by atoms with Crippen molar-refractivity contribution in [3.8, 4) is 11.5 Å². The quantitative estimate of drug-likeness (QED) is 0.770. The summed E-state index contributed by atoms with van der Waals surface area (Å²) in [5.41, 5.74) is 1.34. The molecule has 2 aromatic heterocycles. The Balaban J connectivity index is 1.30. The van der Waals surface area contributed by atoms with E-state index >= 15 is 0 Å². The normalized spacial score (nSPS) is 21.6. The Morgan fingerprint density at radius 1 is 1.21 bits per heavy atom. The van der Waals surface area contributed by atoms with Gasteiger partial charge in [0.25, 0.3) is 5.91 Å². The Hall–Kier alpha value is -2.22. The predicted molar refractivity (Wildman–Crippen MR) is 111 cm³/mol. The number of nitrogens with zero attached hydrogens (tertiary/aromatic N) is 4. The highest BCUT2D eigenvalue weighted by Crippen LogP contribution is 2.19. The van der Waals surface area contributed by atoms with Crippen LogP contribution in [-0.2, 0) is 4.74 Å². The van der Waals surface area contributed by atoms with Crippen LogP contribution in [0.15, 0.2) is 41.1 Å². The van der Waals surface area contributed by atoms with Crippen molar-refractivity contribution >= 4 is 5.91 Å². The van der Waals surface area contributed by atoms with E-state index in [4.69, 9.17) is 9.15 Å². The summed E-state index contributed by atoms with van der Waals surface area (Å²) in [5.74, 6) is 0.729. The van der Waals surface area contributed by atoms with Crippen molar-refractivity contribution in [1.82, 2.24) is 19.7 Å². The minimum absolute atomic E-state index is 0.0553. The molecule has 7 nitrogen and oxygen atoms in total. The number of ether oxygens (including phenoxy) is 1. The molecule has 0 aliphatic carbocycles. The number of rotatable bonds is 5. The molecule has 1 atom stereocenters. The third-order valence-corrected chi connectivity index (χ3v) is 5.80. The third-order valence-electron chi connectivity index (χ3n) is 5.80. The van der Waals surface area contributed by atoms with Gasteiger partial charge < -0.3 is 14.1 Å². The van der Waals surface area contributed by atoms with Gasteiger partial charge in [0.1, 0.15) is 5.69 Å².